The van der Waals surface area contributed by atoms with E-state index in [4.69, 9.17) is 4.74 Å². The highest BCUT2D eigenvalue weighted by atomic mass is 32.1. The van der Waals surface area contributed by atoms with Gasteiger partial charge in [0.25, 0.3) is 0 Å². The molecule has 0 bridgehead atoms. The van der Waals surface area contributed by atoms with E-state index in [9.17, 15) is 26.5 Å². The fourth-order valence-electron chi connectivity index (χ4n) is 6.28. The van der Waals surface area contributed by atoms with E-state index in [0.717, 1.165) is 30.7 Å². The Morgan fingerprint density at radius 3 is 2.57 bits per heavy atom. The average molecular weight is 683 g/mol. The summed E-state index contributed by atoms with van der Waals surface area (Å²) in [4.78, 5) is 4.34. The Bertz CT molecular complexity index is 1620. The molecule has 1 aromatic heterocycles. The van der Waals surface area contributed by atoms with Crippen LogP contribution >= 0.6 is 18.5 Å². The van der Waals surface area contributed by atoms with Gasteiger partial charge < -0.3 is 29.7 Å². The highest BCUT2D eigenvalue weighted by molar-refractivity contribution is 7.71. The Labute approximate surface area is 271 Å². The number of hydrogen-bond acceptors (Lipinski definition) is 7. The SMILES string of the molecule is CN1CC[C@@H](Nc2cccc3c(CC(F)(F)F)c(C#CCNc4ccc(P5(=O)CCC(N(C)C)CC5)cc4OCF)sc23)[C@H](F)C1. The van der Waals surface area contributed by atoms with E-state index in [0.29, 0.717) is 58.1 Å². The van der Waals surface area contributed by atoms with Crippen LogP contribution in [-0.4, -0.2) is 94.2 Å². The molecule has 3 aromatic rings. The minimum Gasteiger partial charge on any atom is -0.461 e. The van der Waals surface area contributed by atoms with Crippen LogP contribution < -0.4 is 20.7 Å². The molecule has 0 spiro atoms. The summed E-state index contributed by atoms with van der Waals surface area (Å²) in [6, 6.07) is 10.1. The van der Waals surface area contributed by atoms with Crippen molar-refractivity contribution in [2.24, 2.45) is 0 Å². The Balaban J connectivity index is 1.35. The van der Waals surface area contributed by atoms with Crippen molar-refractivity contribution < 1.29 is 31.3 Å². The van der Waals surface area contributed by atoms with Crippen molar-refractivity contribution in [3.05, 3.63) is 46.8 Å². The molecule has 0 amide bonds. The molecule has 2 N–H and O–H groups in total. The largest absolute Gasteiger partial charge is 0.461 e. The van der Waals surface area contributed by atoms with Crippen LogP contribution in [0.1, 0.15) is 29.7 Å². The molecule has 0 saturated carbocycles. The predicted octanol–water partition coefficient (Wildman–Crippen LogP) is 6.94. The summed E-state index contributed by atoms with van der Waals surface area (Å²) in [7, 11) is 3.24. The molecule has 250 valence electrons. The van der Waals surface area contributed by atoms with E-state index in [-0.39, 0.29) is 22.7 Å². The van der Waals surface area contributed by atoms with Gasteiger partial charge in [-0.2, -0.15) is 13.2 Å². The summed E-state index contributed by atoms with van der Waals surface area (Å²) in [6.07, 6.45) is -3.33. The number of ether oxygens (including phenoxy) is 1. The van der Waals surface area contributed by atoms with Crippen molar-refractivity contribution in [2.75, 3.05) is 70.6 Å². The number of hydrogen-bond donors (Lipinski definition) is 2. The quantitative estimate of drug-likeness (QED) is 0.145. The van der Waals surface area contributed by atoms with Crippen LogP contribution in [0.15, 0.2) is 36.4 Å². The highest BCUT2D eigenvalue weighted by Crippen LogP contribution is 2.50. The van der Waals surface area contributed by atoms with Crippen LogP contribution in [0.3, 0.4) is 0 Å². The second-order valence-corrected chi connectivity index (χ2v) is 16.5. The molecule has 2 atom stereocenters. The van der Waals surface area contributed by atoms with E-state index in [1.54, 1.807) is 36.4 Å². The Kier molecular flexibility index (Phi) is 10.9. The van der Waals surface area contributed by atoms with Crippen molar-refractivity contribution >= 4 is 45.2 Å². The monoisotopic (exact) mass is 682 g/mol. The van der Waals surface area contributed by atoms with Crippen LogP contribution in [-0.2, 0) is 11.0 Å². The summed E-state index contributed by atoms with van der Waals surface area (Å²) in [6.45, 7) is -0.0120. The Morgan fingerprint density at radius 2 is 1.89 bits per heavy atom. The van der Waals surface area contributed by atoms with Gasteiger partial charge in [-0.25, -0.2) is 8.78 Å². The summed E-state index contributed by atoms with van der Waals surface area (Å²) < 4.78 is 88.7. The number of nitrogens with one attached hydrogen (secondary N) is 2. The number of fused-ring (bicyclic) bond motifs is 1. The first-order valence-electron chi connectivity index (χ1n) is 15.4. The van der Waals surface area contributed by atoms with Crippen LogP contribution in [0.5, 0.6) is 5.75 Å². The average Bonchev–Trinajstić information content (AvgIpc) is 3.34. The molecule has 0 aliphatic carbocycles. The van der Waals surface area contributed by atoms with Crippen LogP contribution in [0, 0.1) is 11.8 Å². The van der Waals surface area contributed by atoms with E-state index >= 15 is 0 Å². The fraction of sp³-hybridized carbons (Fsp3) is 0.515. The van der Waals surface area contributed by atoms with Crippen LogP contribution in [0.2, 0.25) is 0 Å². The molecule has 2 aromatic carbocycles. The molecule has 13 heteroatoms. The molecule has 6 nitrogen and oxygen atoms in total. The third kappa shape index (κ3) is 8.17. The molecule has 2 aliphatic rings. The zero-order valence-corrected chi connectivity index (χ0v) is 27.9. The third-order valence-corrected chi connectivity index (χ3v) is 13.3. The molecule has 46 heavy (non-hydrogen) atoms. The van der Waals surface area contributed by atoms with Gasteiger partial charge in [-0.3, -0.25) is 0 Å². The number of anilines is 2. The number of likely N-dealkylation sites (tertiary alicyclic amines) is 1. The predicted molar refractivity (Wildman–Crippen MR) is 178 cm³/mol. The molecular weight excluding hydrogens is 642 g/mol. The van der Waals surface area contributed by atoms with Crippen molar-refractivity contribution in [1.29, 1.82) is 0 Å². The van der Waals surface area contributed by atoms with Gasteiger partial charge >= 0.3 is 6.18 Å². The van der Waals surface area contributed by atoms with E-state index in [1.165, 1.54) is 0 Å². The van der Waals surface area contributed by atoms with Gasteiger partial charge in [-0.1, -0.05) is 24.0 Å². The van der Waals surface area contributed by atoms with E-state index in [2.05, 4.69) is 27.4 Å². The normalized spacial score (nSPS) is 24.1. The summed E-state index contributed by atoms with van der Waals surface area (Å²) in [5.41, 5.74) is 1.13. The maximum Gasteiger partial charge on any atom is 0.393 e. The maximum absolute atomic E-state index is 14.8. The van der Waals surface area contributed by atoms with Crippen molar-refractivity contribution in [3.8, 4) is 17.6 Å². The lowest BCUT2D eigenvalue weighted by Crippen LogP contribution is -2.46. The molecule has 3 heterocycles. The van der Waals surface area contributed by atoms with Crippen molar-refractivity contribution in [1.82, 2.24) is 9.80 Å². The first-order chi connectivity index (χ1) is 21.9. The minimum absolute atomic E-state index is 0.0497. The maximum atomic E-state index is 14.8. The summed E-state index contributed by atoms with van der Waals surface area (Å²) >= 11 is 1.15. The highest BCUT2D eigenvalue weighted by Gasteiger charge is 2.34. The lowest BCUT2D eigenvalue weighted by atomic mass is 10.0. The van der Waals surface area contributed by atoms with Gasteiger partial charge in [-0.15, -0.1) is 11.3 Å². The molecule has 0 unspecified atom stereocenters. The zero-order valence-electron chi connectivity index (χ0n) is 26.2. The molecule has 2 saturated heterocycles. The van der Waals surface area contributed by atoms with Crippen molar-refractivity contribution in [3.63, 3.8) is 0 Å². The van der Waals surface area contributed by atoms with Crippen molar-refractivity contribution in [2.45, 2.75) is 50.1 Å². The minimum atomic E-state index is -4.45. The fourth-order valence-corrected chi connectivity index (χ4v) is 10.3. The molecule has 2 aliphatic heterocycles. The van der Waals surface area contributed by atoms with Gasteiger partial charge in [0.15, 0.2) is 0 Å². The lowest BCUT2D eigenvalue weighted by Gasteiger charge is -2.33. The topological polar surface area (TPSA) is 56.8 Å². The second-order valence-electron chi connectivity index (χ2n) is 12.3. The zero-order chi connectivity index (χ0) is 33.1. The van der Waals surface area contributed by atoms with E-state index < -0.39 is 38.8 Å². The standard InChI is InChI=1S/C33H40F5N4O2PS/c1-41(2)22-12-16-45(43,17-13-22)23-9-10-28(30(18-23)44-21-34)39-14-5-8-31-25(19-33(36,37)38)24-6-4-7-29(32(24)46-31)40-27-11-15-42(3)20-26(27)35/h4,6-7,9-10,18,22,26-27,39-40H,11-17,19-21H2,1-3H3/t22?,26-,27-,45?/m1/s1. The van der Waals surface area contributed by atoms with Crippen LogP contribution in [0.25, 0.3) is 10.1 Å². The molecular formula is C33H40F5N4O2PS. The first kappa shape index (κ1) is 34.5. The summed E-state index contributed by atoms with van der Waals surface area (Å²) in [5.74, 6) is 6.03. The smallest absolute Gasteiger partial charge is 0.393 e. The second kappa shape index (κ2) is 14.5. The number of thiophene rings is 1. The lowest BCUT2D eigenvalue weighted by molar-refractivity contribution is -0.126. The number of piperidine rings is 1. The van der Waals surface area contributed by atoms with Gasteiger partial charge in [0.05, 0.1) is 40.0 Å². The van der Waals surface area contributed by atoms with Crippen LogP contribution in [0.4, 0.5) is 33.3 Å². The third-order valence-electron chi connectivity index (χ3n) is 8.87. The first-order valence-corrected chi connectivity index (χ1v) is 18.3. The number of halogens is 5. The Morgan fingerprint density at radius 1 is 1.13 bits per heavy atom. The number of benzene rings is 2. The number of rotatable bonds is 9. The van der Waals surface area contributed by atoms with E-state index in [1.807, 2.05) is 26.0 Å². The summed E-state index contributed by atoms with van der Waals surface area (Å²) in [5, 5.41) is 7.40. The van der Waals surface area contributed by atoms with Gasteiger partial charge in [0.2, 0.25) is 6.86 Å². The van der Waals surface area contributed by atoms with Gasteiger partial charge in [-0.05, 0) is 75.6 Å². The molecule has 5 rings (SSSR count). The van der Waals surface area contributed by atoms with Gasteiger partial charge in [0, 0.05) is 36.8 Å². The molecule has 2 fully saturated rings. The van der Waals surface area contributed by atoms with Gasteiger partial charge in [0.1, 0.15) is 19.1 Å². The number of nitrogens with zero attached hydrogens (tertiary/aromatic N) is 2. The number of alkyl halides is 5. The molecule has 0 radical (unpaired) electrons. The Hall–Kier alpha value is -2.84.